The number of aryl methyl sites for hydroxylation is 2. The van der Waals surface area contributed by atoms with Crippen molar-refractivity contribution < 1.29 is 4.92 Å². The Hall–Kier alpha value is -1.39. The molecular formula is C8H13N3O2. The number of nitro groups is 1. The van der Waals surface area contributed by atoms with Crippen molar-refractivity contribution in [2.45, 2.75) is 33.9 Å². The molecule has 0 aliphatic rings. The summed E-state index contributed by atoms with van der Waals surface area (Å²) in [6.45, 7) is 6.26. The van der Waals surface area contributed by atoms with Gasteiger partial charge in [0.05, 0.1) is 11.3 Å². The summed E-state index contributed by atoms with van der Waals surface area (Å²) in [7, 11) is 0. The van der Waals surface area contributed by atoms with Gasteiger partial charge in [-0.2, -0.15) is 5.10 Å². The molecule has 0 fully saturated rings. The first-order valence-electron chi connectivity index (χ1n) is 4.21. The Labute approximate surface area is 76.5 Å². The highest BCUT2D eigenvalue weighted by atomic mass is 16.6. The Balaban J connectivity index is 3.05. The third-order valence-electron chi connectivity index (χ3n) is 2.12. The highest BCUT2D eigenvalue weighted by molar-refractivity contribution is 5.23. The van der Waals surface area contributed by atoms with Crippen LogP contribution in [0, 0.1) is 24.0 Å². The van der Waals surface area contributed by atoms with Crippen molar-refractivity contribution in [3.05, 3.63) is 27.1 Å². The molecule has 0 aliphatic heterocycles. The second-order valence-corrected chi connectivity index (χ2v) is 2.96. The average Bonchev–Trinajstić information content (AvgIpc) is 2.31. The van der Waals surface area contributed by atoms with E-state index in [0.717, 1.165) is 23.5 Å². The number of aromatic nitrogens is 2. The molecule has 1 rings (SSSR count). The van der Waals surface area contributed by atoms with Crippen molar-refractivity contribution in [2.24, 2.45) is 0 Å². The van der Waals surface area contributed by atoms with E-state index in [9.17, 15) is 10.1 Å². The van der Waals surface area contributed by atoms with E-state index in [1.54, 1.807) is 11.6 Å². The van der Waals surface area contributed by atoms with E-state index in [1.807, 2.05) is 13.8 Å². The number of hydrogen-bond acceptors (Lipinski definition) is 3. The van der Waals surface area contributed by atoms with Crippen molar-refractivity contribution in [3.63, 3.8) is 0 Å². The Bertz CT molecular complexity index is 330. The van der Waals surface area contributed by atoms with Crippen LogP contribution >= 0.6 is 0 Å². The van der Waals surface area contributed by atoms with Crippen LogP contribution in [0.25, 0.3) is 0 Å². The predicted octanol–water partition coefficient (Wildman–Crippen LogP) is 1.30. The zero-order valence-electron chi connectivity index (χ0n) is 8.07. The maximum Gasteiger partial charge on any atom is 0.232 e. The molecule has 0 aromatic carbocycles. The maximum absolute atomic E-state index is 10.3. The Morgan fingerprint density at radius 2 is 2.15 bits per heavy atom. The van der Waals surface area contributed by atoms with Gasteiger partial charge < -0.3 is 0 Å². The summed E-state index contributed by atoms with van der Waals surface area (Å²) in [6.07, 6.45) is 0. The van der Waals surface area contributed by atoms with Crippen LogP contribution in [0.5, 0.6) is 0 Å². The molecule has 0 amide bonds. The van der Waals surface area contributed by atoms with Gasteiger partial charge in [0.2, 0.25) is 6.54 Å². The molecule has 1 aromatic rings. The minimum atomic E-state index is -0.322. The van der Waals surface area contributed by atoms with Crippen LogP contribution in [-0.2, 0) is 13.1 Å². The second-order valence-electron chi connectivity index (χ2n) is 2.96. The summed E-state index contributed by atoms with van der Waals surface area (Å²) in [5.74, 6) is 0. The Morgan fingerprint density at radius 3 is 2.54 bits per heavy atom. The first-order chi connectivity index (χ1) is 6.06. The van der Waals surface area contributed by atoms with Gasteiger partial charge in [-0.15, -0.1) is 0 Å². The van der Waals surface area contributed by atoms with Gasteiger partial charge in [-0.25, -0.2) is 0 Å². The van der Waals surface area contributed by atoms with Gasteiger partial charge in [0, 0.05) is 17.2 Å². The lowest BCUT2D eigenvalue weighted by molar-refractivity contribution is -0.497. The zero-order valence-corrected chi connectivity index (χ0v) is 8.07. The van der Waals surface area contributed by atoms with Gasteiger partial charge in [0.15, 0.2) is 0 Å². The quantitative estimate of drug-likeness (QED) is 0.524. The topological polar surface area (TPSA) is 61.0 Å². The van der Waals surface area contributed by atoms with Crippen molar-refractivity contribution in [2.75, 3.05) is 0 Å². The average molecular weight is 183 g/mol. The number of rotatable bonds is 3. The van der Waals surface area contributed by atoms with Crippen molar-refractivity contribution in [1.29, 1.82) is 0 Å². The predicted molar refractivity (Wildman–Crippen MR) is 48.1 cm³/mol. The molecule has 0 N–H and O–H groups in total. The van der Waals surface area contributed by atoms with E-state index in [4.69, 9.17) is 0 Å². The molecular weight excluding hydrogens is 170 g/mol. The fourth-order valence-corrected chi connectivity index (χ4v) is 1.40. The molecule has 0 unspecified atom stereocenters. The molecule has 0 atom stereocenters. The highest BCUT2D eigenvalue weighted by Gasteiger charge is 2.14. The molecule has 5 heteroatoms. The van der Waals surface area contributed by atoms with E-state index < -0.39 is 0 Å². The standard InChI is InChI=1S/C8H13N3O2/c1-4-10-7(3)8(5-11(12)13)6(2)9-10/h4-5H2,1-3H3. The lowest BCUT2D eigenvalue weighted by Crippen LogP contribution is -2.02. The smallest absolute Gasteiger partial charge is 0.232 e. The van der Waals surface area contributed by atoms with Crippen molar-refractivity contribution >= 4 is 0 Å². The molecule has 1 heterocycles. The van der Waals surface area contributed by atoms with Gasteiger partial charge in [0.1, 0.15) is 0 Å². The van der Waals surface area contributed by atoms with E-state index in [1.165, 1.54) is 0 Å². The van der Waals surface area contributed by atoms with Gasteiger partial charge in [0.25, 0.3) is 0 Å². The van der Waals surface area contributed by atoms with Gasteiger partial charge >= 0.3 is 0 Å². The third-order valence-corrected chi connectivity index (χ3v) is 2.12. The van der Waals surface area contributed by atoms with Crippen LogP contribution in [0.3, 0.4) is 0 Å². The van der Waals surface area contributed by atoms with Crippen LogP contribution in [0.2, 0.25) is 0 Å². The summed E-state index contributed by atoms with van der Waals surface area (Å²) in [4.78, 5) is 10.0. The van der Waals surface area contributed by atoms with E-state index >= 15 is 0 Å². The molecule has 0 spiro atoms. The SMILES string of the molecule is CCn1nc(C)c(C[N+](=O)[O-])c1C. The summed E-state index contributed by atoms with van der Waals surface area (Å²) in [6, 6.07) is 0. The largest absolute Gasteiger partial charge is 0.269 e. The Kier molecular flexibility index (Phi) is 2.65. The summed E-state index contributed by atoms with van der Waals surface area (Å²) in [5, 5.41) is 14.5. The van der Waals surface area contributed by atoms with Crippen LogP contribution in [0.4, 0.5) is 0 Å². The summed E-state index contributed by atoms with van der Waals surface area (Å²) < 4.78 is 1.79. The fraction of sp³-hybridized carbons (Fsp3) is 0.625. The van der Waals surface area contributed by atoms with Gasteiger partial charge in [-0.3, -0.25) is 14.8 Å². The lowest BCUT2D eigenvalue weighted by Gasteiger charge is -1.98. The highest BCUT2D eigenvalue weighted by Crippen LogP contribution is 2.13. The molecule has 0 saturated heterocycles. The second kappa shape index (κ2) is 3.55. The van der Waals surface area contributed by atoms with E-state index in [2.05, 4.69) is 5.10 Å². The monoisotopic (exact) mass is 183 g/mol. The van der Waals surface area contributed by atoms with Crippen LogP contribution < -0.4 is 0 Å². The van der Waals surface area contributed by atoms with Crippen LogP contribution in [0.15, 0.2) is 0 Å². The Morgan fingerprint density at radius 1 is 1.54 bits per heavy atom. The molecule has 0 radical (unpaired) electrons. The zero-order chi connectivity index (χ0) is 10.0. The molecule has 0 bridgehead atoms. The maximum atomic E-state index is 10.3. The minimum absolute atomic E-state index is 0.127. The van der Waals surface area contributed by atoms with Crippen LogP contribution in [-0.4, -0.2) is 14.7 Å². The summed E-state index contributed by atoms with van der Waals surface area (Å²) in [5.41, 5.74) is 2.40. The fourth-order valence-electron chi connectivity index (χ4n) is 1.40. The van der Waals surface area contributed by atoms with Gasteiger partial charge in [-0.1, -0.05) is 0 Å². The van der Waals surface area contributed by atoms with E-state index in [0.29, 0.717) is 0 Å². The lowest BCUT2D eigenvalue weighted by atomic mass is 10.2. The molecule has 1 aromatic heterocycles. The first kappa shape index (κ1) is 9.70. The normalized spacial score (nSPS) is 10.4. The van der Waals surface area contributed by atoms with Crippen molar-refractivity contribution in [1.82, 2.24) is 9.78 Å². The number of hydrogen-bond donors (Lipinski definition) is 0. The third kappa shape index (κ3) is 1.85. The number of nitrogens with zero attached hydrogens (tertiary/aromatic N) is 3. The summed E-state index contributed by atoms with van der Waals surface area (Å²) >= 11 is 0. The molecule has 13 heavy (non-hydrogen) atoms. The minimum Gasteiger partial charge on any atom is -0.269 e. The molecule has 0 saturated carbocycles. The molecule has 72 valence electrons. The molecule has 0 aliphatic carbocycles. The van der Waals surface area contributed by atoms with E-state index in [-0.39, 0.29) is 11.5 Å². The van der Waals surface area contributed by atoms with Crippen molar-refractivity contribution in [3.8, 4) is 0 Å². The molecule has 5 nitrogen and oxygen atoms in total. The van der Waals surface area contributed by atoms with Crippen LogP contribution in [0.1, 0.15) is 23.9 Å². The first-order valence-corrected chi connectivity index (χ1v) is 4.21. The van der Waals surface area contributed by atoms with Gasteiger partial charge in [-0.05, 0) is 20.8 Å².